The number of halogens is 1. The third-order valence-electron chi connectivity index (χ3n) is 3.11. The Bertz CT molecular complexity index is 837. The summed E-state index contributed by atoms with van der Waals surface area (Å²) in [5, 5.41) is 4.80. The zero-order valence-electron chi connectivity index (χ0n) is 12.5. The van der Waals surface area contributed by atoms with Gasteiger partial charge in [0.25, 0.3) is 0 Å². The van der Waals surface area contributed by atoms with Crippen LogP contribution in [0.2, 0.25) is 0 Å². The number of anilines is 1. The van der Waals surface area contributed by atoms with Gasteiger partial charge < -0.3 is 4.74 Å². The van der Waals surface area contributed by atoms with Gasteiger partial charge in [0.2, 0.25) is 0 Å². The lowest BCUT2D eigenvalue weighted by Crippen LogP contribution is -1.97. The number of ether oxygens (including phenoxy) is 1. The van der Waals surface area contributed by atoms with E-state index < -0.39 is 0 Å². The van der Waals surface area contributed by atoms with E-state index in [0.717, 1.165) is 0 Å². The summed E-state index contributed by atoms with van der Waals surface area (Å²) in [6, 6.07) is 12.1. The third kappa shape index (κ3) is 3.60. The first-order valence-corrected chi connectivity index (χ1v) is 7.19. The van der Waals surface area contributed by atoms with Gasteiger partial charge in [-0.15, -0.1) is 0 Å². The number of hydrogen-bond donors (Lipinski definition) is 1. The fourth-order valence-electron chi connectivity index (χ4n) is 2.07. The summed E-state index contributed by atoms with van der Waals surface area (Å²) in [6.07, 6.45) is 3.26. The quantitative estimate of drug-likeness (QED) is 0.577. The molecule has 2 heterocycles. The summed E-state index contributed by atoms with van der Waals surface area (Å²) in [4.78, 5) is 8.53. The largest absolute Gasteiger partial charge is 0.491 e. The number of hydrazone groups is 1. The predicted molar refractivity (Wildman–Crippen MR) is 88.3 cm³/mol. The first-order chi connectivity index (χ1) is 11.3. The van der Waals surface area contributed by atoms with E-state index in [-0.39, 0.29) is 11.6 Å². The van der Waals surface area contributed by atoms with Gasteiger partial charge in [0.15, 0.2) is 11.6 Å². The van der Waals surface area contributed by atoms with Crippen molar-refractivity contribution in [2.75, 3.05) is 12.0 Å². The van der Waals surface area contributed by atoms with Gasteiger partial charge in [-0.2, -0.15) is 5.10 Å². The highest BCUT2D eigenvalue weighted by molar-refractivity contribution is 5.86. The summed E-state index contributed by atoms with van der Waals surface area (Å²) in [5.74, 6) is 0.456. The Morgan fingerprint density at radius 1 is 1.26 bits per heavy atom. The topological polar surface area (TPSA) is 59.4 Å². The van der Waals surface area contributed by atoms with E-state index in [1.807, 2.05) is 25.1 Å². The Morgan fingerprint density at radius 2 is 2.17 bits per heavy atom. The molecule has 0 atom stereocenters. The average Bonchev–Trinajstić information content (AvgIpc) is 2.57. The van der Waals surface area contributed by atoms with Crippen LogP contribution in [0.1, 0.15) is 12.6 Å². The molecule has 0 saturated carbocycles. The van der Waals surface area contributed by atoms with Gasteiger partial charge in [0.05, 0.1) is 24.0 Å². The Morgan fingerprint density at radius 3 is 2.96 bits per heavy atom. The van der Waals surface area contributed by atoms with E-state index in [1.165, 1.54) is 6.07 Å². The molecular weight excluding hydrogens is 295 g/mol. The lowest BCUT2D eigenvalue weighted by Gasteiger charge is -2.06. The van der Waals surface area contributed by atoms with Crippen LogP contribution in [-0.2, 0) is 0 Å². The third-order valence-corrected chi connectivity index (χ3v) is 3.11. The first kappa shape index (κ1) is 14.9. The molecule has 0 aliphatic heterocycles. The van der Waals surface area contributed by atoms with E-state index in [0.29, 0.717) is 29.0 Å². The summed E-state index contributed by atoms with van der Waals surface area (Å²) < 4.78 is 19.1. The molecule has 0 aliphatic carbocycles. The molecule has 0 saturated heterocycles. The van der Waals surface area contributed by atoms with Crippen molar-refractivity contribution >= 4 is 22.9 Å². The molecule has 3 aromatic rings. The molecule has 1 N–H and O–H groups in total. The standard InChI is InChI=1S/C17H15FN4O/c1-2-23-16-10-15-12(9-14(16)18)6-7-13(21-15)11-20-22-17-5-3-4-8-19-17/h3-11H,2H2,1H3,(H,19,22)/b20-11+. The molecule has 23 heavy (non-hydrogen) atoms. The molecule has 1 aromatic carbocycles. The first-order valence-electron chi connectivity index (χ1n) is 7.19. The normalized spacial score (nSPS) is 11.0. The second kappa shape index (κ2) is 6.83. The number of fused-ring (bicyclic) bond motifs is 1. The fraction of sp³-hybridized carbons (Fsp3) is 0.118. The van der Waals surface area contributed by atoms with Crippen molar-refractivity contribution in [3.63, 3.8) is 0 Å². The van der Waals surface area contributed by atoms with Crippen LogP contribution in [-0.4, -0.2) is 22.8 Å². The Balaban J connectivity index is 1.82. The van der Waals surface area contributed by atoms with Crippen LogP contribution < -0.4 is 10.2 Å². The van der Waals surface area contributed by atoms with Crippen molar-refractivity contribution < 1.29 is 9.13 Å². The van der Waals surface area contributed by atoms with Crippen LogP contribution in [0.3, 0.4) is 0 Å². The van der Waals surface area contributed by atoms with Crippen LogP contribution in [0, 0.1) is 5.82 Å². The molecule has 0 bridgehead atoms. The van der Waals surface area contributed by atoms with Crippen molar-refractivity contribution in [1.82, 2.24) is 9.97 Å². The van der Waals surface area contributed by atoms with Crippen molar-refractivity contribution in [2.24, 2.45) is 5.10 Å². The molecule has 116 valence electrons. The van der Waals surface area contributed by atoms with E-state index in [1.54, 1.807) is 30.6 Å². The molecule has 0 radical (unpaired) electrons. The zero-order chi connectivity index (χ0) is 16.1. The fourth-order valence-corrected chi connectivity index (χ4v) is 2.07. The second-order valence-corrected chi connectivity index (χ2v) is 4.73. The van der Waals surface area contributed by atoms with Gasteiger partial charge in [-0.05, 0) is 31.2 Å². The highest BCUT2D eigenvalue weighted by Crippen LogP contribution is 2.23. The number of aromatic nitrogens is 2. The maximum Gasteiger partial charge on any atom is 0.165 e. The van der Waals surface area contributed by atoms with Crippen molar-refractivity contribution in [1.29, 1.82) is 0 Å². The summed E-state index contributed by atoms with van der Waals surface area (Å²) in [5.41, 5.74) is 4.11. The predicted octanol–water partition coefficient (Wildman–Crippen LogP) is 3.61. The number of nitrogens with zero attached hydrogens (tertiary/aromatic N) is 3. The molecule has 3 rings (SSSR count). The van der Waals surface area contributed by atoms with Gasteiger partial charge in [0.1, 0.15) is 5.82 Å². The Labute approximate surface area is 132 Å². The molecule has 6 heteroatoms. The molecule has 0 aliphatic rings. The number of nitrogens with one attached hydrogen (secondary N) is 1. The summed E-state index contributed by atoms with van der Waals surface area (Å²) in [7, 11) is 0. The second-order valence-electron chi connectivity index (χ2n) is 4.73. The molecule has 5 nitrogen and oxygen atoms in total. The summed E-state index contributed by atoms with van der Waals surface area (Å²) >= 11 is 0. The van der Waals surface area contributed by atoms with Crippen molar-refractivity contribution in [3.05, 3.63) is 60.2 Å². The number of rotatable bonds is 5. The lowest BCUT2D eigenvalue weighted by atomic mass is 10.2. The van der Waals surface area contributed by atoms with Crippen LogP contribution in [0.5, 0.6) is 5.75 Å². The van der Waals surface area contributed by atoms with Crippen LogP contribution in [0.15, 0.2) is 53.8 Å². The highest BCUT2D eigenvalue weighted by Gasteiger charge is 2.06. The Kier molecular flexibility index (Phi) is 4.42. The van der Waals surface area contributed by atoms with Gasteiger partial charge in [0, 0.05) is 17.6 Å². The summed E-state index contributed by atoms with van der Waals surface area (Å²) in [6.45, 7) is 2.21. The van der Waals surface area contributed by atoms with Gasteiger partial charge in [-0.1, -0.05) is 12.1 Å². The average molecular weight is 310 g/mol. The molecule has 0 spiro atoms. The number of benzene rings is 1. The number of pyridine rings is 2. The maximum absolute atomic E-state index is 13.8. The van der Waals surface area contributed by atoms with E-state index in [9.17, 15) is 4.39 Å². The highest BCUT2D eigenvalue weighted by atomic mass is 19.1. The zero-order valence-corrected chi connectivity index (χ0v) is 12.5. The van der Waals surface area contributed by atoms with Crippen LogP contribution in [0.25, 0.3) is 10.9 Å². The molecule has 0 amide bonds. The van der Waals surface area contributed by atoms with Crippen molar-refractivity contribution in [2.45, 2.75) is 6.92 Å². The number of hydrogen-bond acceptors (Lipinski definition) is 5. The smallest absolute Gasteiger partial charge is 0.165 e. The minimum absolute atomic E-state index is 0.202. The molecule has 0 unspecified atom stereocenters. The van der Waals surface area contributed by atoms with E-state index in [2.05, 4.69) is 20.5 Å². The lowest BCUT2D eigenvalue weighted by molar-refractivity contribution is 0.322. The monoisotopic (exact) mass is 310 g/mol. The molecular formula is C17H15FN4O. The van der Waals surface area contributed by atoms with Gasteiger partial charge in [-0.25, -0.2) is 14.4 Å². The van der Waals surface area contributed by atoms with E-state index >= 15 is 0 Å². The van der Waals surface area contributed by atoms with Crippen LogP contribution >= 0.6 is 0 Å². The van der Waals surface area contributed by atoms with Gasteiger partial charge in [-0.3, -0.25) is 5.43 Å². The van der Waals surface area contributed by atoms with E-state index in [4.69, 9.17) is 4.74 Å². The molecule has 0 fully saturated rings. The van der Waals surface area contributed by atoms with Crippen molar-refractivity contribution in [3.8, 4) is 5.75 Å². The Hall–Kier alpha value is -3.02. The van der Waals surface area contributed by atoms with Crippen LogP contribution in [0.4, 0.5) is 10.2 Å². The maximum atomic E-state index is 13.8. The minimum atomic E-state index is -0.389. The molecule has 2 aromatic heterocycles. The SMILES string of the molecule is CCOc1cc2nc(/C=N/Nc3ccccn3)ccc2cc1F. The minimum Gasteiger partial charge on any atom is -0.491 e. The van der Waals surface area contributed by atoms with Gasteiger partial charge >= 0.3 is 0 Å².